The van der Waals surface area contributed by atoms with Crippen LogP contribution >= 0.6 is 0 Å². The van der Waals surface area contributed by atoms with Crippen molar-refractivity contribution < 1.29 is 18.0 Å². The van der Waals surface area contributed by atoms with Crippen molar-refractivity contribution in [1.29, 1.82) is 0 Å². The summed E-state index contributed by atoms with van der Waals surface area (Å²) in [6, 6.07) is 12.5. The molecule has 4 rings (SSSR count). The highest BCUT2D eigenvalue weighted by atomic mass is 32.2. The molecule has 0 saturated heterocycles. The van der Waals surface area contributed by atoms with Crippen LogP contribution in [0.5, 0.6) is 0 Å². The Morgan fingerprint density at radius 3 is 2.48 bits per heavy atom. The Morgan fingerprint density at radius 2 is 1.76 bits per heavy atom. The van der Waals surface area contributed by atoms with Crippen LogP contribution in [-0.2, 0) is 19.6 Å². The molecule has 9 heteroatoms. The van der Waals surface area contributed by atoms with Gasteiger partial charge in [-0.3, -0.25) is 19.3 Å². The first kappa shape index (κ1) is 19.1. The SMILES string of the molecule is C[C@H](N=C1NS(=O)(=O)c2ccccc21)C(=O)Nc1cccc(NC(=O)C2CC2)c1. The van der Waals surface area contributed by atoms with Crippen molar-refractivity contribution in [2.75, 3.05) is 10.6 Å². The van der Waals surface area contributed by atoms with E-state index in [9.17, 15) is 18.0 Å². The third-order valence-electron chi connectivity index (χ3n) is 4.71. The fourth-order valence-electron chi connectivity index (χ4n) is 2.99. The van der Waals surface area contributed by atoms with Gasteiger partial charge in [0.05, 0.1) is 4.90 Å². The van der Waals surface area contributed by atoms with Gasteiger partial charge in [0.1, 0.15) is 11.9 Å². The van der Waals surface area contributed by atoms with E-state index < -0.39 is 22.0 Å². The van der Waals surface area contributed by atoms with Gasteiger partial charge in [0.15, 0.2) is 0 Å². The lowest BCUT2D eigenvalue weighted by atomic mass is 10.2. The zero-order valence-corrected chi connectivity index (χ0v) is 16.5. The number of hydrogen-bond acceptors (Lipinski definition) is 5. The van der Waals surface area contributed by atoms with E-state index >= 15 is 0 Å². The van der Waals surface area contributed by atoms with E-state index in [1.165, 1.54) is 6.07 Å². The second-order valence-corrected chi connectivity index (χ2v) is 8.74. The van der Waals surface area contributed by atoms with Gasteiger partial charge in [-0.05, 0) is 50.1 Å². The van der Waals surface area contributed by atoms with Crippen LogP contribution in [0.2, 0.25) is 0 Å². The summed E-state index contributed by atoms with van der Waals surface area (Å²) in [6.07, 6.45) is 1.82. The normalized spacial score (nSPS) is 19.1. The smallest absolute Gasteiger partial charge is 0.263 e. The lowest BCUT2D eigenvalue weighted by Gasteiger charge is -2.11. The van der Waals surface area contributed by atoms with Crippen molar-refractivity contribution in [3.63, 3.8) is 0 Å². The lowest BCUT2D eigenvalue weighted by molar-refractivity contribution is -0.117. The van der Waals surface area contributed by atoms with E-state index in [1.807, 2.05) is 0 Å². The van der Waals surface area contributed by atoms with Gasteiger partial charge in [-0.2, -0.15) is 0 Å². The van der Waals surface area contributed by atoms with Crippen LogP contribution in [-0.4, -0.2) is 32.1 Å². The van der Waals surface area contributed by atoms with E-state index in [0.29, 0.717) is 16.9 Å². The number of fused-ring (bicyclic) bond motifs is 1. The second-order valence-electron chi connectivity index (χ2n) is 7.09. The van der Waals surface area contributed by atoms with Crippen molar-refractivity contribution in [3.05, 3.63) is 54.1 Å². The van der Waals surface area contributed by atoms with Gasteiger partial charge >= 0.3 is 0 Å². The van der Waals surface area contributed by atoms with Crippen LogP contribution < -0.4 is 15.4 Å². The minimum atomic E-state index is -3.66. The average molecular weight is 412 g/mol. The summed E-state index contributed by atoms with van der Waals surface area (Å²) in [5, 5.41) is 5.58. The molecule has 2 aliphatic rings. The van der Waals surface area contributed by atoms with Gasteiger partial charge in [0.2, 0.25) is 11.8 Å². The molecule has 0 spiro atoms. The monoisotopic (exact) mass is 412 g/mol. The molecule has 2 amide bonds. The number of aliphatic imine (C=N–C) groups is 1. The quantitative estimate of drug-likeness (QED) is 0.697. The molecule has 2 aromatic carbocycles. The molecule has 29 heavy (non-hydrogen) atoms. The average Bonchev–Trinajstić information content (AvgIpc) is 3.49. The molecule has 3 N–H and O–H groups in total. The highest BCUT2D eigenvalue weighted by Gasteiger charge is 2.31. The van der Waals surface area contributed by atoms with Crippen LogP contribution in [0.25, 0.3) is 0 Å². The first-order chi connectivity index (χ1) is 13.8. The van der Waals surface area contributed by atoms with Crippen molar-refractivity contribution in [3.8, 4) is 0 Å². The fraction of sp³-hybridized carbons (Fsp3) is 0.250. The minimum absolute atomic E-state index is 0.0135. The summed E-state index contributed by atoms with van der Waals surface area (Å²) in [6.45, 7) is 1.58. The lowest BCUT2D eigenvalue weighted by Crippen LogP contribution is -2.28. The van der Waals surface area contributed by atoms with Gasteiger partial charge in [-0.25, -0.2) is 8.42 Å². The van der Waals surface area contributed by atoms with Gasteiger partial charge in [0.25, 0.3) is 10.0 Å². The number of rotatable bonds is 5. The third kappa shape index (κ3) is 4.14. The van der Waals surface area contributed by atoms with Crippen LogP contribution in [0.3, 0.4) is 0 Å². The van der Waals surface area contributed by atoms with Gasteiger partial charge in [-0.1, -0.05) is 18.2 Å². The summed E-state index contributed by atoms with van der Waals surface area (Å²) >= 11 is 0. The number of benzene rings is 2. The molecule has 1 aliphatic heterocycles. The van der Waals surface area contributed by atoms with Crippen LogP contribution in [0, 0.1) is 5.92 Å². The number of amidine groups is 1. The Labute approximate surface area is 168 Å². The molecule has 1 heterocycles. The number of hydrogen-bond donors (Lipinski definition) is 3. The number of amides is 2. The largest absolute Gasteiger partial charge is 0.326 e. The van der Waals surface area contributed by atoms with Gasteiger partial charge in [-0.15, -0.1) is 0 Å². The first-order valence-corrected chi connectivity index (χ1v) is 10.7. The minimum Gasteiger partial charge on any atom is -0.326 e. The molecule has 1 saturated carbocycles. The molecule has 0 aromatic heterocycles. The molecule has 0 bridgehead atoms. The molecular formula is C20H20N4O4S. The predicted octanol–water partition coefficient (Wildman–Crippen LogP) is 2.10. The summed E-state index contributed by atoms with van der Waals surface area (Å²) < 4.78 is 26.7. The summed E-state index contributed by atoms with van der Waals surface area (Å²) in [5.41, 5.74) is 1.57. The zero-order chi connectivity index (χ0) is 20.6. The molecule has 2 aromatic rings. The summed E-state index contributed by atoms with van der Waals surface area (Å²) in [7, 11) is -3.66. The number of sulfonamides is 1. The number of carbonyl (C=O) groups excluding carboxylic acids is 2. The Balaban J connectivity index is 1.47. The molecule has 1 fully saturated rings. The highest BCUT2D eigenvalue weighted by molar-refractivity contribution is 7.90. The standard InChI is InChI=1S/C20H20N4O4S/c1-12(21-18-16-7-2-3-8-17(16)29(27,28)24-18)19(25)22-14-5-4-6-15(11-14)23-20(26)13-9-10-13/h2-8,11-13H,9-10H2,1H3,(H,21,24)(H,22,25)(H,23,26)/t12-/m0/s1. The topological polar surface area (TPSA) is 117 Å². The Bertz CT molecular complexity index is 1120. The maximum Gasteiger partial charge on any atom is 0.263 e. The van der Waals surface area contributed by atoms with E-state index in [2.05, 4.69) is 20.3 Å². The molecule has 8 nitrogen and oxygen atoms in total. The first-order valence-electron chi connectivity index (χ1n) is 9.25. The second kappa shape index (κ2) is 7.32. The van der Waals surface area contributed by atoms with Crippen molar-refractivity contribution in [2.45, 2.75) is 30.7 Å². The summed E-state index contributed by atoms with van der Waals surface area (Å²) in [4.78, 5) is 28.8. The zero-order valence-electron chi connectivity index (χ0n) is 15.7. The highest BCUT2D eigenvalue weighted by Crippen LogP contribution is 2.30. The molecular weight excluding hydrogens is 392 g/mol. The van der Waals surface area contributed by atoms with E-state index in [1.54, 1.807) is 49.4 Å². The molecule has 1 aliphatic carbocycles. The Morgan fingerprint density at radius 1 is 1.07 bits per heavy atom. The molecule has 0 unspecified atom stereocenters. The van der Waals surface area contributed by atoms with Gasteiger partial charge < -0.3 is 10.6 Å². The van der Waals surface area contributed by atoms with Crippen molar-refractivity contribution in [1.82, 2.24) is 4.72 Å². The maximum atomic E-state index is 12.5. The van der Waals surface area contributed by atoms with E-state index in [-0.39, 0.29) is 22.6 Å². The van der Waals surface area contributed by atoms with Crippen molar-refractivity contribution >= 4 is 39.0 Å². The number of nitrogens with zero attached hydrogens (tertiary/aromatic N) is 1. The number of anilines is 2. The fourth-order valence-corrected chi connectivity index (χ4v) is 4.23. The number of carbonyl (C=O) groups is 2. The van der Waals surface area contributed by atoms with Crippen LogP contribution in [0.4, 0.5) is 11.4 Å². The molecule has 0 radical (unpaired) electrons. The predicted molar refractivity (Wildman–Crippen MR) is 109 cm³/mol. The van der Waals surface area contributed by atoms with Crippen LogP contribution in [0.15, 0.2) is 58.4 Å². The Hall–Kier alpha value is -3.20. The third-order valence-corrected chi connectivity index (χ3v) is 6.11. The van der Waals surface area contributed by atoms with Crippen LogP contribution in [0.1, 0.15) is 25.3 Å². The van der Waals surface area contributed by atoms with Crippen molar-refractivity contribution in [2.24, 2.45) is 10.9 Å². The van der Waals surface area contributed by atoms with Gasteiger partial charge in [0, 0.05) is 22.9 Å². The summed E-state index contributed by atoms with van der Waals surface area (Å²) in [5.74, 6) is -0.178. The van der Waals surface area contributed by atoms with E-state index in [4.69, 9.17) is 0 Å². The number of nitrogens with one attached hydrogen (secondary N) is 3. The Kier molecular flexibility index (Phi) is 4.83. The molecule has 1 atom stereocenters. The maximum absolute atomic E-state index is 12.5. The molecule has 150 valence electrons. The van der Waals surface area contributed by atoms with E-state index in [0.717, 1.165) is 12.8 Å².